The van der Waals surface area contributed by atoms with Gasteiger partial charge in [-0.3, -0.25) is 25.0 Å². The highest BCUT2D eigenvalue weighted by atomic mass is 19.1. The summed E-state index contributed by atoms with van der Waals surface area (Å²) in [4.78, 5) is 48.5. The lowest BCUT2D eigenvalue weighted by atomic mass is 10.1. The summed E-state index contributed by atoms with van der Waals surface area (Å²) in [7, 11) is 0. The third kappa shape index (κ3) is 3.76. The molecule has 10 heteroatoms. The average Bonchev–Trinajstić information content (AvgIpc) is 3.19. The van der Waals surface area contributed by atoms with Gasteiger partial charge in [0.2, 0.25) is 0 Å². The Hall–Kier alpha value is -4.60. The second-order valence-electron chi connectivity index (χ2n) is 6.90. The lowest BCUT2D eigenvalue weighted by molar-refractivity contribution is -0.384. The van der Waals surface area contributed by atoms with Gasteiger partial charge in [-0.05, 0) is 48.9 Å². The summed E-state index contributed by atoms with van der Waals surface area (Å²) >= 11 is 0. The van der Waals surface area contributed by atoms with Crippen LogP contribution in [0.1, 0.15) is 11.3 Å². The van der Waals surface area contributed by atoms with Crippen molar-refractivity contribution in [2.75, 3.05) is 4.90 Å². The van der Waals surface area contributed by atoms with E-state index in [0.29, 0.717) is 16.2 Å². The first-order valence-electron chi connectivity index (χ1n) is 9.27. The number of nitrogens with one attached hydrogen (secondary N) is 1. The number of rotatable bonds is 4. The van der Waals surface area contributed by atoms with Gasteiger partial charge < -0.3 is 4.42 Å². The molecule has 32 heavy (non-hydrogen) atoms. The van der Waals surface area contributed by atoms with E-state index in [2.05, 4.69) is 0 Å². The number of hydrogen-bond acceptors (Lipinski definition) is 6. The van der Waals surface area contributed by atoms with Crippen LogP contribution in [0.2, 0.25) is 0 Å². The fraction of sp³-hybridized carbons (Fsp3) is 0.0455. The smallest absolute Gasteiger partial charge is 0.335 e. The van der Waals surface area contributed by atoms with E-state index < -0.39 is 34.2 Å². The van der Waals surface area contributed by atoms with E-state index in [1.165, 1.54) is 30.3 Å². The van der Waals surface area contributed by atoms with Gasteiger partial charge in [0.15, 0.2) is 0 Å². The molecule has 0 unspecified atom stereocenters. The fourth-order valence-electron chi connectivity index (χ4n) is 3.21. The minimum atomic E-state index is -1.00. The van der Waals surface area contributed by atoms with E-state index >= 15 is 0 Å². The van der Waals surface area contributed by atoms with Crippen molar-refractivity contribution in [2.45, 2.75) is 6.92 Å². The molecular weight excluding hydrogens is 421 g/mol. The van der Waals surface area contributed by atoms with Gasteiger partial charge in [-0.15, -0.1) is 0 Å². The Kier molecular flexibility index (Phi) is 5.11. The van der Waals surface area contributed by atoms with E-state index in [1.54, 1.807) is 19.1 Å². The number of aryl methyl sites for hydroxylation is 1. The molecule has 4 amide bonds. The van der Waals surface area contributed by atoms with E-state index in [0.717, 1.165) is 23.8 Å². The standard InChI is InChI=1S/C22H14FN3O6/c1-12-5-6-15(26(30)31)10-17(12)19-8-7-16(32-19)11-18-20(27)24-22(29)25(21(18)28)14-4-2-3-13(23)9-14/h2-11H,1H3,(H,24,27,29)/b18-11+. The number of barbiturate groups is 1. The molecule has 1 aromatic heterocycles. The van der Waals surface area contributed by atoms with Crippen molar-refractivity contribution in [3.8, 4) is 11.3 Å². The van der Waals surface area contributed by atoms with Crippen LogP contribution in [0.25, 0.3) is 17.4 Å². The topological polar surface area (TPSA) is 123 Å². The number of nitrogens with zero attached hydrogens (tertiary/aromatic N) is 2. The largest absolute Gasteiger partial charge is 0.457 e. The number of furan rings is 1. The molecule has 1 N–H and O–H groups in total. The Morgan fingerprint density at radius 2 is 1.88 bits per heavy atom. The molecule has 0 aliphatic carbocycles. The zero-order chi connectivity index (χ0) is 23.0. The Morgan fingerprint density at radius 1 is 1.09 bits per heavy atom. The van der Waals surface area contributed by atoms with Crippen molar-refractivity contribution in [3.05, 3.63) is 87.4 Å². The van der Waals surface area contributed by atoms with Gasteiger partial charge in [-0.1, -0.05) is 12.1 Å². The molecule has 160 valence electrons. The molecule has 0 spiro atoms. The van der Waals surface area contributed by atoms with Crippen LogP contribution in [0.3, 0.4) is 0 Å². The number of carbonyl (C=O) groups excluding carboxylic acids is 3. The first-order chi connectivity index (χ1) is 15.2. The predicted octanol–water partition coefficient (Wildman–Crippen LogP) is 3.97. The number of hydrogen-bond donors (Lipinski definition) is 1. The summed E-state index contributed by atoms with van der Waals surface area (Å²) in [6, 6.07) is 11.1. The number of nitro groups is 1. The van der Waals surface area contributed by atoms with Crippen LogP contribution in [0.15, 0.2) is 64.6 Å². The number of carbonyl (C=O) groups is 3. The van der Waals surface area contributed by atoms with Crippen LogP contribution in [-0.4, -0.2) is 22.8 Å². The van der Waals surface area contributed by atoms with E-state index in [4.69, 9.17) is 4.42 Å². The highest BCUT2D eigenvalue weighted by Crippen LogP contribution is 2.30. The molecule has 0 saturated carbocycles. The number of benzene rings is 2. The lowest BCUT2D eigenvalue weighted by Crippen LogP contribution is -2.54. The molecule has 2 aromatic carbocycles. The second-order valence-corrected chi connectivity index (χ2v) is 6.90. The normalized spacial score (nSPS) is 15.2. The van der Waals surface area contributed by atoms with Crippen LogP contribution in [-0.2, 0) is 9.59 Å². The molecule has 1 fully saturated rings. The molecule has 1 aliphatic rings. The molecule has 1 aliphatic heterocycles. The third-order valence-electron chi connectivity index (χ3n) is 4.78. The highest BCUT2D eigenvalue weighted by molar-refractivity contribution is 6.39. The molecule has 0 bridgehead atoms. The Morgan fingerprint density at radius 3 is 2.59 bits per heavy atom. The van der Waals surface area contributed by atoms with Crippen molar-refractivity contribution < 1.29 is 28.1 Å². The first-order valence-corrected chi connectivity index (χ1v) is 9.27. The van der Waals surface area contributed by atoms with Crippen LogP contribution >= 0.6 is 0 Å². The molecule has 1 saturated heterocycles. The zero-order valence-electron chi connectivity index (χ0n) is 16.5. The Labute approximate surface area is 179 Å². The second kappa shape index (κ2) is 7.91. The Bertz CT molecular complexity index is 1330. The van der Waals surface area contributed by atoms with Gasteiger partial charge in [0.25, 0.3) is 17.5 Å². The number of anilines is 1. The zero-order valence-corrected chi connectivity index (χ0v) is 16.5. The summed E-state index contributed by atoms with van der Waals surface area (Å²) in [5.41, 5.74) is 0.634. The molecule has 3 aromatic rings. The van der Waals surface area contributed by atoms with Crippen LogP contribution < -0.4 is 10.2 Å². The Balaban J connectivity index is 1.70. The number of imide groups is 2. The lowest BCUT2D eigenvalue weighted by Gasteiger charge is -2.26. The summed E-state index contributed by atoms with van der Waals surface area (Å²) in [6.45, 7) is 1.75. The minimum Gasteiger partial charge on any atom is -0.457 e. The monoisotopic (exact) mass is 435 g/mol. The molecule has 4 rings (SSSR count). The molecule has 0 atom stereocenters. The van der Waals surface area contributed by atoms with Gasteiger partial charge in [-0.2, -0.15) is 0 Å². The summed E-state index contributed by atoms with van der Waals surface area (Å²) in [6.07, 6.45) is 1.15. The highest BCUT2D eigenvalue weighted by Gasteiger charge is 2.37. The van der Waals surface area contributed by atoms with Gasteiger partial charge in [0.05, 0.1) is 10.6 Å². The van der Waals surface area contributed by atoms with E-state index in [1.807, 2.05) is 5.32 Å². The summed E-state index contributed by atoms with van der Waals surface area (Å²) in [5, 5.41) is 13.1. The minimum absolute atomic E-state index is 0.0433. The maximum Gasteiger partial charge on any atom is 0.335 e. The van der Waals surface area contributed by atoms with Crippen molar-refractivity contribution in [2.24, 2.45) is 0 Å². The first kappa shape index (κ1) is 20.7. The summed E-state index contributed by atoms with van der Waals surface area (Å²) < 4.78 is 19.2. The molecule has 2 heterocycles. The van der Waals surface area contributed by atoms with E-state index in [9.17, 15) is 28.9 Å². The summed E-state index contributed by atoms with van der Waals surface area (Å²) in [5.74, 6) is -2.14. The number of halogens is 1. The van der Waals surface area contributed by atoms with Crippen LogP contribution in [0.4, 0.5) is 20.6 Å². The molecule has 0 radical (unpaired) electrons. The van der Waals surface area contributed by atoms with Gasteiger partial charge >= 0.3 is 6.03 Å². The van der Waals surface area contributed by atoms with Crippen LogP contribution in [0, 0.1) is 22.9 Å². The number of non-ortho nitro benzene ring substituents is 1. The van der Waals surface area contributed by atoms with E-state index in [-0.39, 0.29) is 17.1 Å². The van der Waals surface area contributed by atoms with Crippen molar-refractivity contribution >= 4 is 35.3 Å². The molecular formula is C22H14FN3O6. The maximum absolute atomic E-state index is 13.6. The quantitative estimate of drug-likeness (QED) is 0.286. The average molecular weight is 435 g/mol. The predicted molar refractivity (Wildman–Crippen MR) is 111 cm³/mol. The number of urea groups is 1. The van der Waals surface area contributed by atoms with Crippen molar-refractivity contribution in [1.82, 2.24) is 5.32 Å². The van der Waals surface area contributed by atoms with Gasteiger partial charge in [-0.25, -0.2) is 14.1 Å². The van der Waals surface area contributed by atoms with Crippen molar-refractivity contribution in [1.29, 1.82) is 0 Å². The number of nitro benzene ring substituents is 1. The molecule has 9 nitrogen and oxygen atoms in total. The van der Waals surface area contributed by atoms with Crippen LogP contribution in [0.5, 0.6) is 0 Å². The fourth-order valence-corrected chi connectivity index (χ4v) is 3.21. The SMILES string of the molecule is Cc1ccc([N+](=O)[O-])cc1-c1ccc(/C=C2\C(=O)NC(=O)N(c3cccc(F)c3)C2=O)o1. The third-order valence-corrected chi connectivity index (χ3v) is 4.78. The van der Waals surface area contributed by atoms with Gasteiger partial charge in [0.1, 0.15) is 22.9 Å². The van der Waals surface area contributed by atoms with Gasteiger partial charge in [0, 0.05) is 17.7 Å². The number of amides is 4. The maximum atomic E-state index is 13.6. The van der Waals surface area contributed by atoms with Crippen molar-refractivity contribution in [3.63, 3.8) is 0 Å².